The zero-order chi connectivity index (χ0) is 42.2. The SMILES string of the molecule is CCC(C)(C)c1ccc(ON(C(C)=O)c2cc(Oc3ccc(N=Nc4c(S(=O)(=O)O)cc5cc(N(C)C)ccc5c4O)cc3)c(C)c(Cl)c2O)c(C(C)(C)CC)c1. The maximum absolute atomic E-state index is 13.2. The summed E-state index contributed by atoms with van der Waals surface area (Å²) in [6.45, 7) is 15.8. The number of rotatable bonds is 13. The highest BCUT2D eigenvalue weighted by molar-refractivity contribution is 7.86. The van der Waals surface area contributed by atoms with Gasteiger partial charge in [0, 0.05) is 49.3 Å². The van der Waals surface area contributed by atoms with Crippen molar-refractivity contribution in [1.82, 2.24) is 0 Å². The summed E-state index contributed by atoms with van der Waals surface area (Å²) in [5, 5.41) is 32.1. The van der Waals surface area contributed by atoms with Crippen LogP contribution in [0.5, 0.6) is 28.7 Å². The Labute approximate surface area is 339 Å². The van der Waals surface area contributed by atoms with Crippen LogP contribution >= 0.6 is 11.6 Å². The summed E-state index contributed by atoms with van der Waals surface area (Å²) in [7, 11) is -1.16. The molecule has 0 unspecified atom stereocenters. The van der Waals surface area contributed by atoms with E-state index in [0.29, 0.717) is 27.8 Å². The van der Waals surface area contributed by atoms with Gasteiger partial charge in [-0.2, -0.15) is 13.5 Å². The van der Waals surface area contributed by atoms with Crippen LogP contribution in [0.3, 0.4) is 0 Å². The zero-order valence-electron chi connectivity index (χ0n) is 33.8. The molecule has 12 nitrogen and oxygen atoms in total. The van der Waals surface area contributed by atoms with Crippen molar-refractivity contribution in [2.75, 3.05) is 24.1 Å². The molecule has 5 rings (SSSR count). The molecule has 0 saturated heterocycles. The zero-order valence-corrected chi connectivity index (χ0v) is 35.4. The van der Waals surface area contributed by atoms with Crippen molar-refractivity contribution in [3.05, 3.63) is 94.5 Å². The minimum Gasteiger partial charge on any atom is -0.505 e. The number of halogens is 1. The fraction of sp³-hybridized carbons (Fsp3) is 0.326. The van der Waals surface area contributed by atoms with Gasteiger partial charge in [0.2, 0.25) is 0 Å². The van der Waals surface area contributed by atoms with Crippen LogP contribution in [-0.4, -0.2) is 43.2 Å². The molecule has 0 fully saturated rings. The summed E-state index contributed by atoms with van der Waals surface area (Å²) in [5.74, 6) is -0.345. The molecule has 57 heavy (non-hydrogen) atoms. The molecule has 0 aliphatic heterocycles. The number of carbonyl (C=O) groups excluding carboxylic acids is 1. The maximum Gasteiger partial charge on any atom is 0.296 e. The van der Waals surface area contributed by atoms with E-state index in [1.807, 2.05) is 31.1 Å². The van der Waals surface area contributed by atoms with E-state index < -0.39 is 32.4 Å². The molecule has 0 spiro atoms. The van der Waals surface area contributed by atoms with Gasteiger partial charge in [0.25, 0.3) is 16.0 Å². The van der Waals surface area contributed by atoms with Crippen molar-refractivity contribution in [3.63, 3.8) is 0 Å². The molecule has 0 bridgehead atoms. The van der Waals surface area contributed by atoms with Crippen molar-refractivity contribution >= 4 is 61.1 Å². The van der Waals surface area contributed by atoms with Gasteiger partial charge in [-0.25, -0.2) is 0 Å². The number of phenolic OH excluding ortho intramolecular Hbond substituents is 2. The Morgan fingerprint density at radius 1 is 0.842 bits per heavy atom. The number of carbonyl (C=O) groups is 1. The monoisotopic (exact) mass is 816 g/mol. The lowest BCUT2D eigenvalue weighted by atomic mass is 9.76. The Bertz CT molecular complexity index is 2480. The van der Waals surface area contributed by atoms with Crippen molar-refractivity contribution in [3.8, 4) is 28.7 Å². The predicted octanol–water partition coefficient (Wildman–Crippen LogP) is 11.5. The van der Waals surface area contributed by atoms with Crippen LogP contribution in [0.25, 0.3) is 10.8 Å². The fourth-order valence-corrected chi connectivity index (χ4v) is 6.87. The Balaban J connectivity index is 1.47. The molecule has 0 heterocycles. The summed E-state index contributed by atoms with van der Waals surface area (Å²) in [6, 6.07) is 19.9. The van der Waals surface area contributed by atoms with Crippen LogP contribution in [0.4, 0.5) is 22.7 Å². The minimum absolute atomic E-state index is 0.0282. The summed E-state index contributed by atoms with van der Waals surface area (Å²) in [6.07, 6.45) is 1.73. The number of hydroxylamine groups is 1. The lowest BCUT2D eigenvalue weighted by Crippen LogP contribution is -2.33. The molecule has 0 atom stereocenters. The maximum atomic E-state index is 13.2. The van der Waals surface area contributed by atoms with Gasteiger partial charge in [-0.05, 0) is 96.1 Å². The molecule has 0 aliphatic rings. The molecule has 302 valence electrons. The number of hydrogen-bond donors (Lipinski definition) is 3. The number of ether oxygens (including phenoxy) is 1. The first-order valence-electron chi connectivity index (χ1n) is 18.4. The standard InChI is InChI=1S/C43H49ClN4O8S/c1-11-42(5,6)28-13-20-35(33(23-28)43(7,8)12-2)56-48(26(4)49)34-24-36(25(3)38(44)41(34)51)55-31-17-14-29(15-18-31)45-46-39-37(57(52,53)54)22-27-21-30(47(9)10)16-19-32(27)40(39)50/h13-24,50-51H,11-12H2,1-10H3,(H,52,53,54). The first kappa shape index (κ1) is 42.8. The van der Waals surface area contributed by atoms with Gasteiger partial charge in [-0.1, -0.05) is 65.3 Å². The van der Waals surface area contributed by atoms with Gasteiger partial charge < -0.3 is 24.7 Å². The first-order valence-corrected chi connectivity index (χ1v) is 20.2. The number of phenols is 2. The quantitative estimate of drug-likeness (QED) is 0.0596. The Hall–Kier alpha value is -5.37. The Morgan fingerprint density at radius 3 is 2.07 bits per heavy atom. The third kappa shape index (κ3) is 8.96. The van der Waals surface area contributed by atoms with Crippen LogP contribution in [0.15, 0.2) is 87.9 Å². The average Bonchev–Trinajstić information content (AvgIpc) is 3.16. The first-order chi connectivity index (χ1) is 26.6. The number of azo groups is 1. The third-order valence-electron chi connectivity index (χ3n) is 10.5. The van der Waals surface area contributed by atoms with Crippen LogP contribution in [0.1, 0.15) is 78.0 Å². The van der Waals surface area contributed by atoms with E-state index in [0.717, 1.165) is 34.7 Å². The lowest BCUT2D eigenvalue weighted by Gasteiger charge is -2.32. The average molecular weight is 817 g/mol. The summed E-state index contributed by atoms with van der Waals surface area (Å²) in [5.41, 5.74) is 2.62. The van der Waals surface area contributed by atoms with Crippen LogP contribution in [-0.2, 0) is 25.7 Å². The van der Waals surface area contributed by atoms with Crippen molar-refractivity contribution in [2.24, 2.45) is 10.2 Å². The molecule has 3 N–H and O–H groups in total. The molecule has 14 heteroatoms. The van der Waals surface area contributed by atoms with Gasteiger partial charge >= 0.3 is 0 Å². The number of benzene rings is 5. The molecule has 0 aliphatic carbocycles. The van der Waals surface area contributed by atoms with Gasteiger partial charge in [0.05, 0.1) is 10.7 Å². The molecular weight excluding hydrogens is 768 g/mol. The predicted molar refractivity (Wildman–Crippen MR) is 225 cm³/mol. The van der Waals surface area contributed by atoms with E-state index in [9.17, 15) is 28.0 Å². The van der Waals surface area contributed by atoms with E-state index in [2.05, 4.69) is 57.8 Å². The lowest BCUT2D eigenvalue weighted by molar-refractivity contribution is -0.120. The van der Waals surface area contributed by atoms with Crippen LogP contribution in [0.2, 0.25) is 5.02 Å². The summed E-state index contributed by atoms with van der Waals surface area (Å²) < 4.78 is 40.9. The van der Waals surface area contributed by atoms with Crippen molar-refractivity contribution in [2.45, 2.75) is 84.0 Å². The van der Waals surface area contributed by atoms with E-state index >= 15 is 0 Å². The highest BCUT2D eigenvalue weighted by Crippen LogP contribution is 2.46. The number of fused-ring (bicyclic) bond motifs is 1. The second-order valence-electron chi connectivity index (χ2n) is 15.4. The molecule has 0 radical (unpaired) electrons. The second-order valence-corrected chi connectivity index (χ2v) is 17.2. The smallest absolute Gasteiger partial charge is 0.296 e. The fourth-order valence-electron chi connectivity index (χ4n) is 6.02. The van der Waals surface area contributed by atoms with Gasteiger partial charge in [0.1, 0.15) is 27.8 Å². The van der Waals surface area contributed by atoms with Gasteiger partial charge in [-0.3, -0.25) is 9.35 Å². The molecule has 5 aromatic rings. The molecular formula is C43H49ClN4O8S. The van der Waals surface area contributed by atoms with Crippen LogP contribution < -0.4 is 19.5 Å². The number of anilines is 2. The van der Waals surface area contributed by atoms with E-state index in [1.165, 1.54) is 31.2 Å². The summed E-state index contributed by atoms with van der Waals surface area (Å²) in [4.78, 5) is 20.7. The van der Waals surface area contributed by atoms with Gasteiger partial charge in [0.15, 0.2) is 17.2 Å². The topological polar surface area (TPSA) is 162 Å². The second kappa shape index (κ2) is 16.2. The summed E-state index contributed by atoms with van der Waals surface area (Å²) >= 11 is 6.63. The number of aromatic hydroxyl groups is 2. The van der Waals surface area contributed by atoms with Crippen LogP contribution in [0, 0.1) is 6.92 Å². The normalized spacial score (nSPS) is 12.3. The highest BCUT2D eigenvalue weighted by atomic mass is 35.5. The molecule has 1 amide bonds. The highest BCUT2D eigenvalue weighted by Gasteiger charge is 2.30. The van der Waals surface area contributed by atoms with Crippen molar-refractivity contribution in [1.29, 1.82) is 0 Å². The van der Waals surface area contributed by atoms with E-state index in [4.69, 9.17) is 21.2 Å². The largest absolute Gasteiger partial charge is 0.505 e. The molecule has 5 aromatic carbocycles. The Kier molecular flexibility index (Phi) is 12.2. The number of hydrogen-bond acceptors (Lipinski definition) is 10. The number of amides is 1. The molecule has 0 saturated carbocycles. The number of nitrogens with zero attached hydrogens (tertiary/aromatic N) is 4. The van der Waals surface area contributed by atoms with Gasteiger partial charge in [-0.15, -0.1) is 10.2 Å². The Morgan fingerprint density at radius 2 is 1.49 bits per heavy atom. The van der Waals surface area contributed by atoms with E-state index in [-0.39, 0.29) is 38.7 Å². The minimum atomic E-state index is -4.80. The van der Waals surface area contributed by atoms with E-state index in [1.54, 1.807) is 37.3 Å². The third-order valence-corrected chi connectivity index (χ3v) is 11.9. The van der Waals surface area contributed by atoms with Crippen molar-refractivity contribution < 1.29 is 37.6 Å². The molecule has 0 aromatic heterocycles.